The van der Waals surface area contributed by atoms with Gasteiger partial charge in [-0.05, 0) is 79.8 Å². The van der Waals surface area contributed by atoms with E-state index in [0.29, 0.717) is 30.1 Å². The van der Waals surface area contributed by atoms with Gasteiger partial charge >= 0.3 is 5.97 Å². The summed E-state index contributed by atoms with van der Waals surface area (Å²) in [5.74, 6) is 1.78. The highest BCUT2D eigenvalue weighted by atomic mass is 32.2. The molecule has 3 fully saturated rings. The zero-order valence-corrected chi connectivity index (χ0v) is 20.9. The van der Waals surface area contributed by atoms with Crippen molar-refractivity contribution >= 4 is 21.8 Å². The second-order valence-corrected chi connectivity index (χ2v) is 13.1. The second-order valence-electron chi connectivity index (χ2n) is 11.5. The summed E-state index contributed by atoms with van der Waals surface area (Å²) in [6.07, 6.45) is 10.6. The topological polar surface area (TPSA) is 116 Å². The molecule has 7 nitrogen and oxygen atoms in total. The number of ether oxygens (including phenoxy) is 1. The van der Waals surface area contributed by atoms with Crippen LogP contribution in [0.2, 0.25) is 0 Å². The van der Waals surface area contributed by atoms with E-state index in [1.165, 1.54) is 17.8 Å². The Kier molecular flexibility index (Phi) is 5.56. The number of hydrogen-bond donors (Lipinski definition) is 1. The van der Waals surface area contributed by atoms with Gasteiger partial charge in [0.25, 0.3) is 0 Å². The van der Waals surface area contributed by atoms with Gasteiger partial charge in [-0.3, -0.25) is 9.78 Å². The van der Waals surface area contributed by atoms with Crippen LogP contribution in [0.1, 0.15) is 76.1 Å². The van der Waals surface area contributed by atoms with E-state index in [0.717, 1.165) is 44.7 Å². The summed E-state index contributed by atoms with van der Waals surface area (Å²) in [7, 11) is -3.95. The molecule has 1 aromatic rings. The number of nitrogens with two attached hydrogens (primary N) is 1. The van der Waals surface area contributed by atoms with Gasteiger partial charge in [-0.1, -0.05) is 26.3 Å². The minimum atomic E-state index is -3.95. The van der Waals surface area contributed by atoms with E-state index in [1.54, 1.807) is 0 Å². The van der Waals surface area contributed by atoms with Crippen LogP contribution in [-0.4, -0.2) is 31.3 Å². The Bertz CT molecular complexity index is 1180. The molecule has 34 heavy (non-hydrogen) atoms. The lowest BCUT2D eigenvalue weighted by Crippen LogP contribution is -2.54. The summed E-state index contributed by atoms with van der Waals surface area (Å²) in [4.78, 5) is 28.8. The van der Waals surface area contributed by atoms with Gasteiger partial charge in [-0.15, -0.1) is 0 Å². The van der Waals surface area contributed by atoms with Gasteiger partial charge in [0.15, 0.2) is 5.78 Å². The van der Waals surface area contributed by atoms with Crippen LogP contribution in [0.3, 0.4) is 0 Å². The molecule has 0 spiro atoms. The lowest BCUT2D eigenvalue weighted by atomic mass is 9.45. The molecule has 0 radical (unpaired) electrons. The van der Waals surface area contributed by atoms with Gasteiger partial charge in [0.1, 0.15) is 11.0 Å². The maximum Gasteiger partial charge on any atom is 0.340 e. The number of sulfonamides is 1. The highest BCUT2D eigenvalue weighted by molar-refractivity contribution is 7.89. The first-order chi connectivity index (χ1) is 15.9. The number of carbonyl (C=O) groups is 2. The molecule has 4 aliphatic rings. The molecule has 0 aromatic carbocycles. The van der Waals surface area contributed by atoms with Crippen LogP contribution in [0.25, 0.3) is 0 Å². The van der Waals surface area contributed by atoms with Gasteiger partial charge < -0.3 is 4.74 Å². The summed E-state index contributed by atoms with van der Waals surface area (Å²) < 4.78 is 29.4. The minimum Gasteiger partial charge on any atom is -0.458 e. The van der Waals surface area contributed by atoms with Gasteiger partial charge in [-0.2, -0.15) is 0 Å². The fourth-order valence-electron chi connectivity index (χ4n) is 7.93. The van der Waals surface area contributed by atoms with Crippen LogP contribution in [0.5, 0.6) is 0 Å². The van der Waals surface area contributed by atoms with Crippen molar-refractivity contribution in [3.63, 3.8) is 0 Å². The van der Waals surface area contributed by atoms with Crippen LogP contribution in [0.15, 0.2) is 35.0 Å². The third-order valence-corrected chi connectivity index (χ3v) is 10.6. The van der Waals surface area contributed by atoms with Crippen molar-refractivity contribution in [2.45, 2.75) is 76.7 Å². The second kappa shape index (κ2) is 7.98. The standard InChI is InChI=1S/C26H34N2O5S/c1-15-10-17-12-18(29)6-8-25(17,2)21-7-9-26(3)20(23(15)21)4-5-22(26)33-24(30)16-11-19(14-28-13-16)34(27,31)32/h11-15,20-23H,4-10H2,1-3H3,(H2,27,31,32)/t15-,20?,21?,22+,23?,25+,26+/m1/s1. The molecule has 1 aromatic heterocycles. The SMILES string of the molecule is C[C@@H]1CC2=CC(=O)CC[C@]2(C)C2CC[C@@]3(C)C(CC[C@@H]3OC(=O)c3cncc(S(N)(=O)=O)c3)C21. The Labute approximate surface area is 201 Å². The molecule has 0 bridgehead atoms. The Morgan fingerprint density at radius 2 is 1.91 bits per heavy atom. The first-order valence-electron chi connectivity index (χ1n) is 12.4. The average Bonchev–Trinajstić information content (AvgIpc) is 3.10. The third-order valence-electron chi connectivity index (χ3n) is 9.75. The normalized spacial score (nSPS) is 39.5. The largest absolute Gasteiger partial charge is 0.458 e. The van der Waals surface area contributed by atoms with Crippen LogP contribution in [0, 0.1) is 34.5 Å². The highest BCUT2D eigenvalue weighted by Crippen LogP contribution is 2.66. The number of ketones is 1. The third kappa shape index (κ3) is 3.65. The van der Waals surface area contributed by atoms with E-state index >= 15 is 0 Å². The number of fused-ring (bicyclic) bond motifs is 5. The number of nitrogens with zero attached hydrogens (tertiary/aromatic N) is 1. The molecule has 0 saturated heterocycles. The Hall–Kier alpha value is -2.06. The molecule has 3 saturated carbocycles. The zero-order valence-electron chi connectivity index (χ0n) is 20.1. The fraction of sp³-hybridized carbons (Fsp3) is 0.654. The van der Waals surface area contributed by atoms with Gasteiger partial charge in [0, 0.05) is 24.2 Å². The molecule has 3 unspecified atom stereocenters. The van der Waals surface area contributed by atoms with E-state index in [9.17, 15) is 18.0 Å². The van der Waals surface area contributed by atoms with Crippen molar-refractivity contribution in [3.05, 3.63) is 35.7 Å². The number of rotatable bonds is 3. The number of pyridine rings is 1. The van der Waals surface area contributed by atoms with Crippen molar-refractivity contribution in [2.24, 2.45) is 39.6 Å². The summed E-state index contributed by atoms with van der Waals surface area (Å²) in [6.45, 7) is 6.96. The Balaban J connectivity index is 1.38. The molecule has 2 N–H and O–H groups in total. The smallest absolute Gasteiger partial charge is 0.340 e. The van der Waals surface area contributed by atoms with E-state index in [1.807, 2.05) is 6.08 Å². The van der Waals surface area contributed by atoms with Crippen molar-refractivity contribution in [3.8, 4) is 0 Å². The fourth-order valence-corrected chi connectivity index (χ4v) is 8.43. The molecular formula is C26H34N2O5S. The molecule has 1 heterocycles. The average molecular weight is 487 g/mol. The van der Waals surface area contributed by atoms with Gasteiger partial charge in [0.2, 0.25) is 10.0 Å². The van der Waals surface area contributed by atoms with Crippen molar-refractivity contribution in [1.29, 1.82) is 0 Å². The zero-order chi connectivity index (χ0) is 24.5. The highest BCUT2D eigenvalue weighted by Gasteiger charge is 2.61. The summed E-state index contributed by atoms with van der Waals surface area (Å²) in [6, 6.07) is 1.23. The number of primary sulfonamides is 1. The van der Waals surface area contributed by atoms with Crippen molar-refractivity contribution in [1.82, 2.24) is 4.98 Å². The maximum absolute atomic E-state index is 13.0. The van der Waals surface area contributed by atoms with Crippen molar-refractivity contribution in [2.75, 3.05) is 0 Å². The first-order valence-corrected chi connectivity index (χ1v) is 13.9. The van der Waals surface area contributed by atoms with Crippen LogP contribution in [0.4, 0.5) is 0 Å². The predicted molar refractivity (Wildman–Crippen MR) is 126 cm³/mol. The first kappa shape index (κ1) is 23.7. The number of carbonyl (C=O) groups excluding carboxylic acids is 2. The maximum atomic E-state index is 13.0. The van der Waals surface area contributed by atoms with Crippen LogP contribution in [-0.2, 0) is 19.6 Å². The molecule has 0 aliphatic heterocycles. The molecule has 5 rings (SSSR count). The number of allylic oxidation sites excluding steroid dienone is 1. The molecule has 7 atom stereocenters. The number of esters is 1. The predicted octanol–water partition coefficient (Wildman–Crippen LogP) is 4.03. The van der Waals surface area contributed by atoms with E-state index in [2.05, 4.69) is 25.8 Å². The van der Waals surface area contributed by atoms with E-state index < -0.39 is 16.0 Å². The van der Waals surface area contributed by atoms with Crippen LogP contribution < -0.4 is 5.14 Å². The van der Waals surface area contributed by atoms with Crippen molar-refractivity contribution < 1.29 is 22.7 Å². The lowest BCUT2D eigenvalue weighted by Gasteiger charge is -2.59. The molecule has 8 heteroatoms. The van der Waals surface area contributed by atoms with E-state index in [-0.39, 0.29) is 33.2 Å². The molecular weight excluding hydrogens is 452 g/mol. The monoisotopic (exact) mass is 486 g/mol. The molecule has 184 valence electrons. The molecule has 0 amide bonds. The van der Waals surface area contributed by atoms with Crippen LogP contribution >= 0.6 is 0 Å². The van der Waals surface area contributed by atoms with E-state index in [4.69, 9.17) is 9.88 Å². The summed E-state index contributed by atoms with van der Waals surface area (Å²) >= 11 is 0. The quantitative estimate of drug-likeness (QED) is 0.645. The number of hydrogen-bond acceptors (Lipinski definition) is 6. The summed E-state index contributed by atoms with van der Waals surface area (Å²) in [5.41, 5.74) is 1.44. The van der Waals surface area contributed by atoms with Gasteiger partial charge in [-0.25, -0.2) is 18.4 Å². The Morgan fingerprint density at radius 1 is 1.15 bits per heavy atom. The number of aromatic nitrogens is 1. The Morgan fingerprint density at radius 3 is 2.65 bits per heavy atom. The molecule has 4 aliphatic carbocycles. The summed E-state index contributed by atoms with van der Waals surface area (Å²) in [5, 5.41) is 5.20. The van der Waals surface area contributed by atoms with Gasteiger partial charge in [0.05, 0.1) is 5.56 Å². The minimum absolute atomic E-state index is 0.0982. The lowest BCUT2D eigenvalue weighted by molar-refractivity contribution is -0.119.